The Morgan fingerprint density at radius 2 is 2.00 bits per heavy atom. The molecular weight excluding hydrogens is 302 g/mol. The molecule has 24 heavy (non-hydrogen) atoms. The normalized spacial score (nSPS) is 14.1. The molecule has 1 aromatic carbocycles. The topological polar surface area (TPSA) is 63.2 Å². The second kappa shape index (κ2) is 6.17. The minimum atomic E-state index is 0.0606. The monoisotopic (exact) mass is 323 g/mol. The number of nitrogens with one attached hydrogen (secondary N) is 1. The van der Waals surface area contributed by atoms with Gasteiger partial charge in [-0.25, -0.2) is 4.68 Å². The van der Waals surface area contributed by atoms with Crippen LogP contribution in [0.5, 0.6) is 0 Å². The zero-order valence-corrected chi connectivity index (χ0v) is 13.7. The fraction of sp³-hybridized carbons (Fsp3) is 0.316. The standard InChI is InChI=1S/C19H21N3O2/c1-13-17(6-9-24-13)18-12-19(22(21-18)7-8-23)20-16-10-14-4-2-3-5-15(14)11-16/h2-6,9,12,16,20,23H,7-8,10-11H2,1H3. The molecule has 4 rings (SSSR count). The van der Waals surface area contributed by atoms with Gasteiger partial charge in [-0.05, 0) is 37.0 Å². The first-order valence-electron chi connectivity index (χ1n) is 8.31. The lowest BCUT2D eigenvalue weighted by Gasteiger charge is -2.14. The largest absolute Gasteiger partial charge is 0.469 e. The van der Waals surface area contributed by atoms with E-state index in [2.05, 4.69) is 34.7 Å². The number of fused-ring (bicyclic) bond motifs is 1. The highest BCUT2D eigenvalue weighted by molar-refractivity contribution is 5.65. The van der Waals surface area contributed by atoms with Gasteiger partial charge in [0.15, 0.2) is 0 Å². The highest BCUT2D eigenvalue weighted by Crippen LogP contribution is 2.28. The molecule has 1 aliphatic carbocycles. The molecule has 0 amide bonds. The van der Waals surface area contributed by atoms with Crippen LogP contribution in [0.25, 0.3) is 11.3 Å². The molecule has 5 nitrogen and oxygen atoms in total. The summed E-state index contributed by atoms with van der Waals surface area (Å²) in [6.45, 7) is 2.46. The molecule has 0 saturated heterocycles. The molecule has 3 aromatic rings. The molecule has 0 spiro atoms. The van der Waals surface area contributed by atoms with Gasteiger partial charge in [0.1, 0.15) is 11.6 Å². The van der Waals surface area contributed by atoms with Crippen molar-refractivity contribution in [3.8, 4) is 11.3 Å². The van der Waals surface area contributed by atoms with Gasteiger partial charge in [-0.15, -0.1) is 0 Å². The molecule has 0 bridgehead atoms. The fourth-order valence-corrected chi connectivity index (χ4v) is 3.45. The first-order chi connectivity index (χ1) is 11.7. The van der Waals surface area contributed by atoms with Crippen molar-refractivity contribution in [2.24, 2.45) is 0 Å². The average molecular weight is 323 g/mol. The van der Waals surface area contributed by atoms with Gasteiger partial charge in [-0.1, -0.05) is 24.3 Å². The summed E-state index contributed by atoms with van der Waals surface area (Å²) in [6.07, 6.45) is 3.71. The van der Waals surface area contributed by atoms with Crippen LogP contribution in [0.15, 0.2) is 47.1 Å². The number of furan rings is 1. The number of anilines is 1. The highest BCUT2D eigenvalue weighted by Gasteiger charge is 2.22. The van der Waals surface area contributed by atoms with Crippen LogP contribution in [0.2, 0.25) is 0 Å². The van der Waals surface area contributed by atoms with Crippen LogP contribution < -0.4 is 5.32 Å². The van der Waals surface area contributed by atoms with Gasteiger partial charge >= 0.3 is 0 Å². The van der Waals surface area contributed by atoms with Crippen molar-refractivity contribution in [1.82, 2.24) is 9.78 Å². The number of hydrogen-bond acceptors (Lipinski definition) is 4. The molecule has 5 heteroatoms. The van der Waals surface area contributed by atoms with Crippen molar-refractivity contribution in [1.29, 1.82) is 0 Å². The van der Waals surface area contributed by atoms with Crippen molar-refractivity contribution in [3.05, 3.63) is 59.5 Å². The smallest absolute Gasteiger partial charge is 0.125 e. The van der Waals surface area contributed by atoms with Gasteiger partial charge in [0, 0.05) is 17.7 Å². The Labute approximate surface area is 140 Å². The lowest BCUT2D eigenvalue weighted by atomic mass is 10.1. The predicted octanol–water partition coefficient (Wildman–Crippen LogP) is 3.02. The van der Waals surface area contributed by atoms with Crippen molar-refractivity contribution in [3.63, 3.8) is 0 Å². The van der Waals surface area contributed by atoms with Crippen LogP contribution >= 0.6 is 0 Å². The van der Waals surface area contributed by atoms with Crippen molar-refractivity contribution in [2.45, 2.75) is 32.4 Å². The van der Waals surface area contributed by atoms with Crippen LogP contribution in [0, 0.1) is 6.92 Å². The van der Waals surface area contributed by atoms with E-state index in [4.69, 9.17) is 4.42 Å². The van der Waals surface area contributed by atoms with E-state index < -0.39 is 0 Å². The first kappa shape index (κ1) is 15.0. The minimum absolute atomic E-state index is 0.0606. The maximum Gasteiger partial charge on any atom is 0.125 e. The Morgan fingerprint density at radius 1 is 1.25 bits per heavy atom. The number of benzene rings is 1. The molecule has 1 aliphatic rings. The van der Waals surface area contributed by atoms with E-state index in [1.165, 1.54) is 11.1 Å². The summed E-state index contributed by atoms with van der Waals surface area (Å²) in [7, 11) is 0. The molecule has 2 N–H and O–H groups in total. The van der Waals surface area contributed by atoms with Gasteiger partial charge in [0.2, 0.25) is 0 Å². The molecular formula is C19H21N3O2. The quantitative estimate of drug-likeness (QED) is 0.757. The fourth-order valence-electron chi connectivity index (χ4n) is 3.45. The van der Waals surface area contributed by atoms with Crippen molar-refractivity contribution >= 4 is 5.82 Å². The van der Waals surface area contributed by atoms with Crippen LogP contribution in [-0.4, -0.2) is 27.5 Å². The second-order valence-corrected chi connectivity index (χ2v) is 6.27. The maximum absolute atomic E-state index is 9.33. The number of aliphatic hydroxyl groups excluding tert-OH is 1. The summed E-state index contributed by atoms with van der Waals surface area (Å²) in [6, 6.07) is 12.9. The molecule has 0 aliphatic heterocycles. The SMILES string of the molecule is Cc1occc1-c1cc(NC2Cc3ccccc3C2)n(CCO)n1. The van der Waals surface area contributed by atoms with E-state index in [9.17, 15) is 5.11 Å². The van der Waals surface area contributed by atoms with Crippen LogP contribution in [0.4, 0.5) is 5.82 Å². The number of nitrogens with zero attached hydrogens (tertiary/aromatic N) is 2. The van der Waals surface area contributed by atoms with Crippen LogP contribution in [0.1, 0.15) is 16.9 Å². The van der Waals surface area contributed by atoms with Gasteiger partial charge in [0.05, 0.1) is 25.1 Å². The van der Waals surface area contributed by atoms with E-state index in [1.807, 2.05) is 23.7 Å². The zero-order chi connectivity index (χ0) is 16.5. The molecule has 0 atom stereocenters. The summed E-state index contributed by atoms with van der Waals surface area (Å²) in [5.74, 6) is 1.79. The summed E-state index contributed by atoms with van der Waals surface area (Å²) in [5.41, 5.74) is 4.68. The second-order valence-electron chi connectivity index (χ2n) is 6.27. The zero-order valence-electron chi connectivity index (χ0n) is 13.7. The first-order valence-corrected chi connectivity index (χ1v) is 8.31. The molecule has 0 fully saturated rings. The Hall–Kier alpha value is -2.53. The molecule has 0 unspecified atom stereocenters. The van der Waals surface area contributed by atoms with Crippen molar-refractivity contribution < 1.29 is 9.52 Å². The molecule has 0 saturated carbocycles. The van der Waals surface area contributed by atoms with Gasteiger partial charge in [0.25, 0.3) is 0 Å². The average Bonchev–Trinajstić information content (AvgIpc) is 3.26. The van der Waals surface area contributed by atoms with Crippen molar-refractivity contribution in [2.75, 3.05) is 11.9 Å². The number of rotatable bonds is 5. The lowest BCUT2D eigenvalue weighted by molar-refractivity contribution is 0.270. The predicted molar refractivity (Wildman–Crippen MR) is 93.0 cm³/mol. The molecule has 124 valence electrons. The number of aryl methyl sites for hydroxylation is 1. The van der Waals surface area contributed by atoms with Gasteiger partial charge in [-0.3, -0.25) is 0 Å². The Morgan fingerprint density at radius 3 is 2.62 bits per heavy atom. The van der Waals surface area contributed by atoms with E-state index in [0.29, 0.717) is 12.6 Å². The number of aliphatic hydroxyl groups is 1. The highest BCUT2D eigenvalue weighted by atomic mass is 16.3. The Bertz CT molecular complexity index is 825. The van der Waals surface area contributed by atoms with E-state index in [1.54, 1.807) is 6.26 Å². The third-order valence-electron chi connectivity index (χ3n) is 4.63. The van der Waals surface area contributed by atoms with E-state index in [-0.39, 0.29) is 6.61 Å². The summed E-state index contributed by atoms with van der Waals surface area (Å²) < 4.78 is 7.22. The van der Waals surface area contributed by atoms with Crippen LogP contribution in [0.3, 0.4) is 0 Å². The van der Waals surface area contributed by atoms with Crippen LogP contribution in [-0.2, 0) is 19.4 Å². The van der Waals surface area contributed by atoms with E-state index in [0.717, 1.165) is 35.7 Å². The number of aromatic nitrogens is 2. The molecule has 2 aromatic heterocycles. The minimum Gasteiger partial charge on any atom is -0.469 e. The summed E-state index contributed by atoms with van der Waals surface area (Å²) in [5, 5.41) is 17.6. The summed E-state index contributed by atoms with van der Waals surface area (Å²) in [4.78, 5) is 0. The lowest BCUT2D eigenvalue weighted by Crippen LogP contribution is -2.22. The van der Waals surface area contributed by atoms with Gasteiger partial charge < -0.3 is 14.8 Å². The Balaban J connectivity index is 1.59. The van der Waals surface area contributed by atoms with E-state index >= 15 is 0 Å². The summed E-state index contributed by atoms with van der Waals surface area (Å²) >= 11 is 0. The Kier molecular flexibility index (Phi) is 3.86. The molecule has 2 heterocycles. The number of hydrogen-bond donors (Lipinski definition) is 2. The van der Waals surface area contributed by atoms with Gasteiger partial charge in [-0.2, -0.15) is 5.10 Å². The third kappa shape index (κ3) is 2.71. The maximum atomic E-state index is 9.33. The third-order valence-corrected chi connectivity index (χ3v) is 4.63. The molecule has 0 radical (unpaired) electrons.